The minimum atomic E-state index is -0.465. The van der Waals surface area contributed by atoms with E-state index in [0.717, 1.165) is 52.7 Å². The Hall–Kier alpha value is -2.56. The molecule has 5 nitrogen and oxygen atoms in total. The summed E-state index contributed by atoms with van der Waals surface area (Å²) in [6.45, 7) is 17.8. The molecule has 1 N–H and O–H groups in total. The fourth-order valence-electron chi connectivity index (χ4n) is 6.34. The Kier molecular flexibility index (Phi) is 12.1. The molecule has 5 heteroatoms. The van der Waals surface area contributed by atoms with E-state index in [1.165, 1.54) is 51.1 Å². The highest BCUT2D eigenvalue weighted by Crippen LogP contribution is 2.47. The summed E-state index contributed by atoms with van der Waals surface area (Å²) in [6, 6.07) is 3.47. The summed E-state index contributed by atoms with van der Waals surface area (Å²) in [7, 11) is 0. The first-order valence-electron chi connectivity index (χ1n) is 16.0. The number of carbonyl (C=O) groups is 1. The second kappa shape index (κ2) is 15.1. The zero-order chi connectivity index (χ0) is 30.2. The number of ether oxygens (including phenoxy) is 2. The summed E-state index contributed by atoms with van der Waals surface area (Å²) < 4.78 is 12.7. The molecule has 0 bridgehead atoms. The number of rotatable bonds is 15. The quantitative estimate of drug-likeness (QED) is 0.218. The molecule has 228 valence electrons. The summed E-state index contributed by atoms with van der Waals surface area (Å²) in [6.07, 6.45) is 15.0. The molecule has 1 aliphatic rings. The van der Waals surface area contributed by atoms with Gasteiger partial charge >= 0.3 is 5.97 Å². The van der Waals surface area contributed by atoms with Crippen LogP contribution in [0.1, 0.15) is 125 Å². The van der Waals surface area contributed by atoms with Gasteiger partial charge in [0, 0.05) is 23.9 Å². The maximum atomic E-state index is 12.8. The summed E-state index contributed by atoms with van der Waals surface area (Å²) in [4.78, 5) is 16.8. The smallest absolute Gasteiger partial charge is 0.339 e. The van der Waals surface area contributed by atoms with Crippen LogP contribution in [0.4, 0.5) is 0 Å². The van der Waals surface area contributed by atoms with Gasteiger partial charge in [-0.05, 0) is 93.5 Å². The van der Waals surface area contributed by atoms with Gasteiger partial charge in [0.15, 0.2) is 0 Å². The van der Waals surface area contributed by atoms with Crippen molar-refractivity contribution in [1.82, 2.24) is 4.98 Å². The lowest BCUT2D eigenvalue weighted by atomic mass is 9.76. The molecule has 4 atom stereocenters. The Balaban J connectivity index is 1.62. The molecule has 1 unspecified atom stereocenters. The van der Waals surface area contributed by atoms with Crippen molar-refractivity contribution in [2.75, 3.05) is 6.61 Å². The lowest BCUT2D eigenvalue weighted by molar-refractivity contribution is -0.0339. The molecule has 1 aliphatic heterocycles. The van der Waals surface area contributed by atoms with E-state index in [2.05, 4.69) is 39.6 Å². The van der Waals surface area contributed by atoms with Gasteiger partial charge in [-0.1, -0.05) is 72.6 Å². The molecule has 0 saturated carbocycles. The molecule has 2 heterocycles. The minimum absolute atomic E-state index is 0.0159. The Morgan fingerprint density at radius 3 is 2.24 bits per heavy atom. The van der Waals surface area contributed by atoms with Crippen LogP contribution in [0.25, 0.3) is 0 Å². The van der Waals surface area contributed by atoms with Crippen LogP contribution in [0.2, 0.25) is 0 Å². The molecular weight excluding hydrogens is 510 g/mol. The number of fused-ring (bicyclic) bond motifs is 1. The normalized spacial score (nSPS) is 19.9. The predicted octanol–water partition coefficient (Wildman–Crippen LogP) is 9.32. The van der Waals surface area contributed by atoms with Crippen LogP contribution in [0.5, 0.6) is 11.5 Å². The second-order valence-corrected chi connectivity index (χ2v) is 13.5. The Morgan fingerprint density at radius 2 is 1.63 bits per heavy atom. The lowest BCUT2D eigenvalue weighted by Crippen LogP contribution is -2.48. The van der Waals surface area contributed by atoms with Gasteiger partial charge in [-0.25, -0.2) is 4.79 Å². The summed E-state index contributed by atoms with van der Waals surface area (Å²) in [5.74, 6) is 3.17. The third-order valence-electron chi connectivity index (χ3n) is 9.54. The fourth-order valence-corrected chi connectivity index (χ4v) is 6.34. The summed E-state index contributed by atoms with van der Waals surface area (Å²) in [5, 5.41) is 10.8. The molecule has 0 amide bonds. The van der Waals surface area contributed by atoms with Crippen LogP contribution in [-0.4, -0.2) is 28.3 Å². The molecule has 3 rings (SSSR count). The summed E-state index contributed by atoms with van der Waals surface area (Å²) >= 11 is 0. The highest BCUT2D eigenvalue weighted by Gasteiger charge is 2.43. The van der Waals surface area contributed by atoms with E-state index in [1.807, 2.05) is 20.8 Å². The van der Waals surface area contributed by atoms with Crippen LogP contribution in [-0.2, 0) is 11.2 Å². The van der Waals surface area contributed by atoms with Gasteiger partial charge in [-0.15, -0.1) is 0 Å². The average Bonchev–Trinajstić information content (AvgIpc) is 2.94. The SMILES string of the molecule is Cc1c(C)c2c(c(C)c1O)CC(COC(=O)c1cccnc1)[C@](C)(CCC[C@H](C)CCC[C@@H](C)CCCC(C)C)O2. The van der Waals surface area contributed by atoms with Crippen molar-refractivity contribution >= 4 is 5.97 Å². The van der Waals surface area contributed by atoms with E-state index in [9.17, 15) is 9.90 Å². The first-order valence-corrected chi connectivity index (χ1v) is 16.0. The molecular formula is C36H55NO4. The third-order valence-corrected chi connectivity index (χ3v) is 9.54. The van der Waals surface area contributed by atoms with E-state index in [0.29, 0.717) is 23.7 Å². The van der Waals surface area contributed by atoms with Gasteiger partial charge < -0.3 is 14.6 Å². The number of benzene rings is 1. The van der Waals surface area contributed by atoms with Crippen molar-refractivity contribution < 1.29 is 19.4 Å². The van der Waals surface area contributed by atoms with Crippen molar-refractivity contribution in [3.8, 4) is 11.5 Å². The molecule has 1 aromatic carbocycles. The van der Waals surface area contributed by atoms with Gasteiger partial charge in [-0.3, -0.25) is 4.98 Å². The minimum Gasteiger partial charge on any atom is -0.507 e. The number of hydrogen-bond donors (Lipinski definition) is 1. The topological polar surface area (TPSA) is 68.7 Å². The van der Waals surface area contributed by atoms with E-state index < -0.39 is 5.60 Å². The van der Waals surface area contributed by atoms with Gasteiger partial charge in [0.25, 0.3) is 0 Å². The molecule has 41 heavy (non-hydrogen) atoms. The number of aromatic hydroxyl groups is 1. The second-order valence-electron chi connectivity index (χ2n) is 13.5. The van der Waals surface area contributed by atoms with Crippen molar-refractivity contribution in [3.05, 3.63) is 52.3 Å². The molecule has 0 fully saturated rings. The zero-order valence-electron chi connectivity index (χ0n) is 27.0. The maximum absolute atomic E-state index is 12.8. The molecule has 0 spiro atoms. The van der Waals surface area contributed by atoms with Gasteiger partial charge in [0.1, 0.15) is 17.1 Å². The zero-order valence-corrected chi connectivity index (χ0v) is 27.0. The van der Waals surface area contributed by atoms with Crippen LogP contribution < -0.4 is 4.74 Å². The number of carbonyl (C=O) groups excluding carboxylic acids is 1. The van der Waals surface area contributed by atoms with Gasteiger partial charge in [-0.2, -0.15) is 0 Å². The summed E-state index contributed by atoms with van der Waals surface area (Å²) in [5.41, 5.74) is 3.75. The number of esters is 1. The average molecular weight is 566 g/mol. The molecule has 1 aromatic heterocycles. The van der Waals surface area contributed by atoms with E-state index >= 15 is 0 Å². The standard InChI is InChI=1S/C36H55NO4/c1-24(2)13-9-14-25(3)15-10-16-26(4)17-11-19-36(8)31(23-40-35(39)30-18-12-20-37-22-30)21-32-29(7)33(38)27(5)28(6)34(32)41-36/h12,18,20,22,24-26,31,38H,9-11,13-17,19,21,23H2,1-8H3/t25-,26+,31?,36-/m0/s1. The lowest BCUT2D eigenvalue weighted by Gasteiger charge is -2.44. The first kappa shape index (κ1) is 32.9. The van der Waals surface area contributed by atoms with Crippen LogP contribution in [0, 0.1) is 44.4 Å². The number of nitrogens with zero attached hydrogens (tertiary/aromatic N) is 1. The number of aromatic nitrogens is 1. The number of hydrogen-bond acceptors (Lipinski definition) is 5. The highest BCUT2D eigenvalue weighted by atomic mass is 16.5. The van der Waals surface area contributed by atoms with Crippen LogP contribution in [0.3, 0.4) is 0 Å². The van der Waals surface area contributed by atoms with Crippen LogP contribution >= 0.6 is 0 Å². The number of phenols is 1. The highest BCUT2D eigenvalue weighted by molar-refractivity contribution is 5.88. The third kappa shape index (κ3) is 8.96. The van der Waals surface area contributed by atoms with Crippen molar-refractivity contribution in [2.24, 2.45) is 23.7 Å². The first-order chi connectivity index (χ1) is 19.4. The molecule has 2 aromatic rings. The largest absolute Gasteiger partial charge is 0.507 e. The predicted molar refractivity (Wildman–Crippen MR) is 168 cm³/mol. The fraction of sp³-hybridized carbons (Fsp3) is 0.667. The number of pyridine rings is 1. The monoisotopic (exact) mass is 565 g/mol. The maximum Gasteiger partial charge on any atom is 0.339 e. The molecule has 0 aliphatic carbocycles. The van der Waals surface area contributed by atoms with Crippen molar-refractivity contribution in [3.63, 3.8) is 0 Å². The van der Waals surface area contributed by atoms with Crippen molar-refractivity contribution in [1.29, 1.82) is 0 Å². The Bertz CT molecular complexity index is 1130. The van der Waals surface area contributed by atoms with Gasteiger partial charge in [0.05, 0.1) is 12.2 Å². The van der Waals surface area contributed by atoms with Gasteiger partial charge in [0.2, 0.25) is 0 Å². The molecule has 0 saturated heterocycles. The van der Waals surface area contributed by atoms with Crippen LogP contribution in [0.15, 0.2) is 24.5 Å². The Morgan fingerprint density at radius 1 is 1.00 bits per heavy atom. The Labute approximate surface area is 249 Å². The van der Waals surface area contributed by atoms with Crippen molar-refractivity contribution in [2.45, 2.75) is 125 Å². The van der Waals surface area contributed by atoms with E-state index in [-0.39, 0.29) is 18.5 Å². The molecule has 0 radical (unpaired) electrons. The van der Waals surface area contributed by atoms with E-state index in [4.69, 9.17) is 9.47 Å². The number of phenolic OH excluding ortho intramolecular Hbond substituents is 1. The van der Waals surface area contributed by atoms with E-state index in [1.54, 1.807) is 18.3 Å².